The Morgan fingerprint density at radius 1 is 1.32 bits per heavy atom. The van der Waals surface area contributed by atoms with E-state index in [1.165, 1.54) is 15.9 Å². The van der Waals surface area contributed by atoms with Crippen LogP contribution in [0.2, 0.25) is 0 Å². The maximum absolute atomic E-state index is 12.6. The van der Waals surface area contributed by atoms with Gasteiger partial charge >= 0.3 is 0 Å². The smallest absolute Gasteiger partial charge is 0.273 e. The van der Waals surface area contributed by atoms with E-state index in [4.69, 9.17) is 5.73 Å². The first-order valence-electron chi connectivity index (χ1n) is 6.61. The maximum Gasteiger partial charge on any atom is 0.273 e. The second-order valence-corrected chi connectivity index (χ2v) is 5.97. The number of benzene rings is 1. The molecule has 1 amide bonds. The Morgan fingerprint density at radius 3 is 2.86 bits per heavy atom. The van der Waals surface area contributed by atoms with Crippen LogP contribution in [0.3, 0.4) is 0 Å². The van der Waals surface area contributed by atoms with E-state index in [-0.39, 0.29) is 12.1 Å². The fourth-order valence-electron chi connectivity index (χ4n) is 2.58. The fraction of sp³-hybridized carbons (Fsp3) is 0.143. The van der Waals surface area contributed by atoms with E-state index in [0.29, 0.717) is 21.1 Å². The molecule has 0 aliphatic carbocycles. The lowest BCUT2D eigenvalue weighted by Gasteiger charge is -2.06. The highest BCUT2D eigenvalue weighted by atomic mass is 32.1. The van der Waals surface area contributed by atoms with Gasteiger partial charge in [0.15, 0.2) is 10.6 Å². The SMILES string of the molecule is Cc1nc2c(sc3nc4ccccc4n32)c(=O)n1CC(N)=O. The molecule has 8 heteroatoms. The summed E-state index contributed by atoms with van der Waals surface area (Å²) in [6.07, 6.45) is 0. The van der Waals surface area contributed by atoms with E-state index in [2.05, 4.69) is 9.97 Å². The Bertz CT molecular complexity index is 1120. The van der Waals surface area contributed by atoms with Crippen LogP contribution in [0.4, 0.5) is 0 Å². The van der Waals surface area contributed by atoms with Crippen molar-refractivity contribution in [3.05, 3.63) is 40.4 Å². The highest BCUT2D eigenvalue weighted by molar-refractivity contribution is 7.23. The van der Waals surface area contributed by atoms with Gasteiger partial charge in [-0.05, 0) is 19.1 Å². The van der Waals surface area contributed by atoms with Crippen LogP contribution < -0.4 is 11.3 Å². The molecule has 0 aliphatic rings. The third-order valence-electron chi connectivity index (χ3n) is 3.55. The molecule has 0 saturated carbocycles. The second-order valence-electron chi connectivity index (χ2n) is 4.99. The van der Waals surface area contributed by atoms with Gasteiger partial charge in [0.05, 0.1) is 11.0 Å². The van der Waals surface area contributed by atoms with Gasteiger partial charge in [-0.1, -0.05) is 23.5 Å². The van der Waals surface area contributed by atoms with Gasteiger partial charge in [-0.15, -0.1) is 0 Å². The summed E-state index contributed by atoms with van der Waals surface area (Å²) in [6, 6.07) is 7.69. The van der Waals surface area contributed by atoms with Crippen LogP contribution in [0.1, 0.15) is 5.82 Å². The van der Waals surface area contributed by atoms with E-state index in [9.17, 15) is 9.59 Å². The molecular weight excluding hydrogens is 302 g/mol. The molecule has 0 fully saturated rings. The molecule has 1 aromatic carbocycles. The Hall–Kier alpha value is -2.74. The van der Waals surface area contributed by atoms with Crippen LogP contribution in [0, 0.1) is 6.92 Å². The number of primary amides is 1. The number of imidazole rings is 1. The molecule has 3 aromatic heterocycles. The predicted octanol–water partition coefficient (Wildman–Crippen LogP) is 1.05. The number of carbonyl (C=O) groups is 1. The van der Waals surface area contributed by atoms with Crippen LogP contribution in [-0.2, 0) is 11.3 Å². The monoisotopic (exact) mass is 313 g/mol. The summed E-state index contributed by atoms with van der Waals surface area (Å²) in [7, 11) is 0. The average Bonchev–Trinajstić information content (AvgIpc) is 3.00. The molecule has 4 rings (SSSR count). The van der Waals surface area contributed by atoms with E-state index < -0.39 is 5.91 Å². The minimum absolute atomic E-state index is 0.172. The first kappa shape index (κ1) is 13.0. The normalized spacial score (nSPS) is 11.7. The van der Waals surface area contributed by atoms with Gasteiger partial charge in [0.1, 0.15) is 17.1 Å². The summed E-state index contributed by atoms with van der Waals surface area (Å²) in [5.41, 5.74) is 7.26. The number of rotatable bonds is 2. The van der Waals surface area contributed by atoms with Crippen LogP contribution in [0.15, 0.2) is 29.1 Å². The number of nitrogens with two attached hydrogens (primary N) is 1. The van der Waals surface area contributed by atoms with Crippen molar-refractivity contribution in [1.29, 1.82) is 0 Å². The molecule has 4 aromatic rings. The molecule has 7 nitrogen and oxygen atoms in total. The molecular formula is C14H11N5O2S. The van der Waals surface area contributed by atoms with Gasteiger partial charge in [-0.3, -0.25) is 18.6 Å². The molecule has 22 heavy (non-hydrogen) atoms. The third-order valence-corrected chi connectivity index (χ3v) is 4.57. The van der Waals surface area contributed by atoms with Gasteiger partial charge in [-0.2, -0.15) is 0 Å². The zero-order chi connectivity index (χ0) is 15.4. The van der Waals surface area contributed by atoms with Crippen molar-refractivity contribution in [1.82, 2.24) is 18.9 Å². The molecule has 2 N–H and O–H groups in total. The summed E-state index contributed by atoms with van der Waals surface area (Å²) in [5.74, 6) is -0.119. The van der Waals surface area contributed by atoms with E-state index >= 15 is 0 Å². The second kappa shape index (κ2) is 4.38. The van der Waals surface area contributed by atoms with Crippen LogP contribution in [0.25, 0.3) is 26.3 Å². The number of carbonyl (C=O) groups excluding carboxylic acids is 1. The maximum atomic E-state index is 12.6. The van der Waals surface area contributed by atoms with Crippen molar-refractivity contribution in [2.24, 2.45) is 5.73 Å². The molecule has 3 heterocycles. The number of amides is 1. The number of nitrogens with zero attached hydrogens (tertiary/aromatic N) is 4. The third kappa shape index (κ3) is 1.67. The van der Waals surface area contributed by atoms with Crippen molar-refractivity contribution < 1.29 is 4.79 Å². The molecule has 0 saturated heterocycles. The van der Waals surface area contributed by atoms with E-state index in [1.54, 1.807) is 6.92 Å². The fourth-order valence-corrected chi connectivity index (χ4v) is 3.61. The standard InChI is InChI=1S/C14H11N5O2S/c1-7-16-12-11(13(21)18(7)6-10(15)20)22-14-17-8-4-2-3-5-9(8)19(12)14/h2-5H,6H2,1H3,(H2,15,20). The lowest BCUT2D eigenvalue weighted by molar-refractivity contribution is -0.118. The van der Waals surface area contributed by atoms with Gasteiger partial charge in [0.2, 0.25) is 5.91 Å². The summed E-state index contributed by atoms with van der Waals surface area (Å²) in [4.78, 5) is 33.4. The van der Waals surface area contributed by atoms with Gasteiger partial charge in [-0.25, -0.2) is 9.97 Å². The Morgan fingerprint density at radius 2 is 2.09 bits per heavy atom. The Labute approximate surface area is 127 Å². The molecule has 0 radical (unpaired) electrons. The Balaban J connectivity index is 2.15. The number of hydrogen-bond acceptors (Lipinski definition) is 5. The van der Waals surface area contributed by atoms with Crippen molar-refractivity contribution in [2.45, 2.75) is 13.5 Å². The number of para-hydroxylation sites is 2. The van der Waals surface area contributed by atoms with E-state index in [1.807, 2.05) is 28.7 Å². The minimum Gasteiger partial charge on any atom is -0.368 e. The van der Waals surface area contributed by atoms with Crippen LogP contribution in [-0.4, -0.2) is 24.8 Å². The number of thiazole rings is 1. The van der Waals surface area contributed by atoms with Crippen molar-refractivity contribution in [2.75, 3.05) is 0 Å². The number of aryl methyl sites for hydroxylation is 1. The summed E-state index contributed by atoms with van der Waals surface area (Å²) < 4.78 is 3.64. The van der Waals surface area contributed by atoms with Crippen LogP contribution >= 0.6 is 11.3 Å². The highest BCUT2D eigenvalue weighted by Gasteiger charge is 2.17. The minimum atomic E-state index is -0.571. The zero-order valence-electron chi connectivity index (χ0n) is 11.6. The quantitative estimate of drug-likeness (QED) is 0.598. The summed E-state index contributed by atoms with van der Waals surface area (Å²) >= 11 is 1.27. The largest absolute Gasteiger partial charge is 0.368 e. The number of aromatic nitrogens is 4. The zero-order valence-corrected chi connectivity index (χ0v) is 12.4. The lowest BCUT2D eigenvalue weighted by Crippen LogP contribution is -2.30. The summed E-state index contributed by atoms with van der Waals surface area (Å²) in [5, 5.41) is 0. The molecule has 110 valence electrons. The van der Waals surface area contributed by atoms with Gasteiger partial charge in [0.25, 0.3) is 5.56 Å². The molecule has 0 aliphatic heterocycles. The van der Waals surface area contributed by atoms with Gasteiger partial charge < -0.3 is 5.73 Å². The highest BCUT2D eigenvalue weighted by Crippen LogP contribution is 2.27. The lowest BCUT2D eigenvalue weighted by atomic mass is 10.3. The number of hydrogen-bond donors (Lipinski definition) is 1. The van der Waals surface area contributed by atoms with Gasteiger partial charge in [0, 0.05) is 0 Å². The first-order chi connectivity index (χ1) is 10.6. The van der Waals surface area contributed by atoms with Crippen molar-refractivity contribution >= 4 is 43.6 Å². The number of fused-ring (bicyclic) bond motifs is 5. The predicted molar refractivity (Wildman–Crippen MR) is 84.1 cm³/mol. The summed E-state index contributed by atoms with van der Waals surface area (Å²) in [6.45, 7) is 1.51. The molecule has 0 unspecified atom stereocenters. The van der Waals surface area contributed by atoms with Crippen molar-refractivity contribution in [3.8, 4) is 0 Å². The molecule has 0 spiro atoms. The topological polar surface area (TPSA) is 95.3 Å². The molecule has 0 atom stereocenters. The van der Waals surface area contributed by atoms with Crippen molar-refractivity contribution in [3.63, 3.8) is 0 Å². The molecule has 0 bridgehead atoms. The average molecular weight is 313 g/mol. The van der Waals surface area contributed by atoms with E-state index in [0.717, 1.165) is 11.0 Å². The Kier molecular flexibility index (Phi) is 2.58. The van der Waals surface area contributed by atoms with Crippen LogP contribution in [0.5, 0.6) is 0 Å². The first-order valence-corrected chi connectivity index (χ1v) is 7.43.